The second-order valence-corrected chi connectivity index (χ2v) is 9.19. The summed E-state index contributed by atoms with van der Waals surface area (Å²) in [5, 5.41) is 11.1. The van der Waals surface area contributed by atoms with Gasteiger partial charge in [-0.1, -0.05) is 56.3 Å². The van der Waals surface area contributed by atoms with Crippen LogP contribution in [0, 0.1) is 17.3 Å². The zero-order chi connectivity index (χ0) is 17.2. The zero-order valence-corrected chi connectivity index (χ0v) is 15.3. The average Bonchev–Trinajstić information content (AvgIpc) is 3.33. The Morgan fingerprint density at radius 2 is 2.00 bits per heavy atom. The Morgan fingerprint density at radius 1 is 1.20 bits per heavy atom. The summed E-state index contributed by atoms with van der Waals surface area (Å²) < 4.78 is 6.33. The summed E-state index contributed by atoms with van der Waals surface area (Å²) in [7, 11) is 0. The van der Waals surface area contributed by atoms with Gasteiger partial charge in [0.25, 0.3) is 0 Å². The predicted molar refractivity (Wildman–Crippen MR) is 98.0 cm³/mol. The van der Waals surface area contributed by atoms with Gasteiger partial charge >= 0.3 is 0 Å². The topological polar surface area (TPSA) is 36.0 Å². The van der Waals surface area contributed by atoms with Crippen LogP contribution in [0.3, 0.4) is 0 Å². The highest BCUT2D eigenvalue weighted by Gasteiger charge is 2.74. The number of hydrogen-bond acceptors (Lipinski definition) is 3. The molecule has 2 heterocycles. The van der Waals surface area contributed by atoms with Gasteiger partial charge in [0.15, 0.2) is 0 Å². The molecule has 1 aromatic carbocycles. The van der Waals surface area contributed by atoms with E-state index in [4.69, 9.17) is 4.74 Å². The van der Waals surface area contributed by atoms with E-state index < -0.39 is 0 Å². The van der Waals surface area contributed by atoms with E-state index in [0.717, 1.165) is 25.9 Å². The van der Waals surface area contributed by atoms with E-state index in [2.05, 4.69) is 61.2 Å². The van der Waals surface area contributed by atoms with E-state index in [1.54, 1.807) is 0 Å². The molecular weight excluding hydrogens is 310 g/mol. The monoisotopic (exact) mass is 339 g/mol. The Balaban J connectivity index is 1.34. The summed E-state index contributed by atoms with van der Waals surface area (Å²) in [4.78, 5) is 2.53. The van der Waals surface area contributed by atoms with Crippen LogP contribution in [0.5, 0.6) is 0 Å². The minimum Gasteiger partial charge on any atom is -0.390 e. The molecule has 2 aliphatic heterocycles. The van der Waals surface area contributed by atoms with Crippen LogP contribution in [0.2, 0.25) is 0 Å². The molecule has 3 saturated carbocycles. The molecule has 1 N–H and O–H groups in total. The van der Waals surface area contributed by atoms with Gasteiger partial charge < -0.3 is 9.84 Å². The first-order valence-electron chi connectivity index (χ1n) is 9.81. The Bertz CT molecular complexity index is 685. The van der Waals surface area contributed by atoms with Crippen LogP contribution >= 0.6 is 0 Å². The van der Waals surface area contributed by atoms with Gasteiger partial charge in [-0.2, -0.15) is 0 Å². The van der Waals surface area contributed by atoms with Gasteiger partial charge in [0.05, 0.1) is 6.10 Å². The molecule has 0 aromatic heterocycles. The highest BCUT2D eigenvalue weighted by molar-refractivity contribution is 5.25. The lowest BCUT2D eigenvalue weighted by molar-refractivity contribution is -0.177. The third-order valence-corrected chi connectivity index (χ3v) is 7.70. The first-order chi connectivity index (χ1) is 12.0. The first kappa shape index (κ1) is 16.0. The van der Waals surface area contributed by atoms with Crippen molar-refractivity contribution >= 4 is 0 Å². The van der Waals surface area contributed by atoms with Crippen molar-refractivity contribution in [2.45, 2.75) is 63.5 Å². The van der Waals surface area contributed by atoms with E-state index in [0.29, 0.717) is 17.9 Å². The van der Waals surface area contributed by atoms with Crippen molar-refractivity contribution in [2.75, 3.05) is 6.54 Å². The minimum absolute atomic E-state index is 0.192. The molecule has 134 valence electrons. The summed E-state index contributed by atoms with van der Waals surface area (Å²) in [6.45, 7) is 6.58. The molecule has 1 spiro atoms. The first-order valence-corrected chi connectivity index (χ1v) is 9.81. The van der Waals surface area contributed by atoms with Crippen molar-refractivity contribution in [2.24, 2.45) is 17.3 Å². The van der Waals surface area contributed by atoms with Gasteiger partial charge in [-0.25, -0.2) is 0 Å². The highest BCUT2D eigenvalue weighted by atomic mass is 16.6. The van der Waals surface area contributed by atoms with E-state index in [1.165, 1.54) is 12.0 Å². The van der Waals surface area contributed by atoms with Crippen LogP contribution in [-0.2, 0) is 11.3 Å². The maximum atomic E-state index is 11.1. The fourth-order valence-electron chi connectivity index (χ4n) is 5.84. The fraction of sp³-hybridized carbons (Fsp3) is 0.636. The van der Waals surface area contributed by atoms with Gasteiger partial charge in [0, 0.05) is 19.1 Å². The number of hydrogen-bond donors (Lipinski definition) is 1. The molecule has 6 atom stereocenters. The average molecular weight is 339 g/mol. The second kappa shape index (κ2) is 5.42. The van der Waals surface area contributed by atoms with Gasteiger partial charge in [0.1, 0.15) is 11.7 Å². The lowest BCUT2D eigenvalue weighted by Gasteiger charge is -2.60. The summed E-state index contributed by atoms with van der Waals surface area (Å²) >= 11 is 0. The Kier molecular flexibility index (Phi) is 3.48. The van der Waals surface area contributed by atoms with Crippen molar-refractivity contribution < 1.29 is 9.84 Å². The number of aliphatic hydroxyl groups is 1. The van der Waals surface area contributed by atoms with Gasteiger partial charge in [-0.05, 0) is 42.1 Å². The molecule has 3 heteroatoms. The summed E-state index contributed by atoms with van der Waals surface area (Å²) in [6, 6.07) is 11.1. The van der Waals surface area contributed by atoms with Crippen LogP contribution in [0.4, 0.5) is 0 Å². The van der Waals surface area contributed by atoms with Crippen LogP contribution in [0.25, 0.3) is 0 Å². The van der Waals surface area contributed by atoms with E-state index in [-0.39, 0.29) is 23.2 Å². The molecule has 0 radical (unpaired) electrons. The molecule has 3 aliphatic carbocycles. The number of ether oxygens (including phenoxy) is 1. The van der Waals surface area contributed by atoms with Crippen LogP contribution in [0.15, 0.2) is 42.5 Å². The Hall–Kier alpha value is -1.16. The van der Waals surface area contributed by atoms with Crippen molar-refractivity contribution in [3.05, 3.63) is 48.0 Å². The second-order valence-electron chi connectivity index (χ2n) is 9.19. The number of aliphatic hydroxyl groups excluding tert-OH is 1. The van der Waals surface area contributed by atoms with Crippen molar-refractivity contribution in [3.8, 4) is 0 Å². The van der Waals surface area contributed by atoms with Crippen molar-refractivity contribution in [1.29, 1.82) is 0 Å². The summed E-state index contributed by atoms with van der Waals surface area (Å²) in [5.41, 5.74) is 1.39. The molecule has 4 fully saturated rings. The van der Waals surface area contributed by atoms with Crippen molar-refractivity contribution in [3.63, 3.8) is 0 Å². The molecule has 3 nitrogen and oxygen atoms in total. The van der Waals surface area contributed by atoms with Crippen LogP contribution < -0.4 is 0 Å². The molecule has 1 saturated heterocycles. The summed E-state index contributed by atoms with van der Waals surface area (Å²) in [5.74, 6) is 1.13. The SMILES string of the molecule is CC1(C)[C@@H]2C[C@H]1[C@H](O)[C@@]1(C2)O[C@@H]1[C@H]1CC=CCN1Cc1ccccc1. The predicted octanol–water partition coefficient (Wildman–Crippen LogP) is 3.38. The molecule has 6 rings (SSSR count). The molecular formula is C22H29NO2. The summed E-state index contributed by atoms with van der Waals surface area (Å²) in [6.07, 6.45) is 7.73. The maximum Gasteiger partial charge on any atom is 0.123 e. The normalized spacial score (nSPS) is 44.5. The third kappa shape index (κ3) is 2.29. The highest BCUT2D eigenvalue weighted by Crippen LogP contribution is 2.67. The van der Waals surface area contributed by atoms with E-state index >= 15 is 0 Å². The molecule has 5 aliphatic rings. The lowest BCUT2D eigenvalue weighted by atomic mass is 9.45. The minimum atomic E-state index is -0.290. The van der Waals surface area contributed by atoms with Crippen molar-refractivity contribution in [1.82, 2.24) is 4.90 Å². The number of rotatable bonds is 3. The van der Waals surface area contributed by atoms with Gasteiger partial charge in [0.2, 0.25) is 0 Å². The number of epoxide rings is 1. The number of nitrogens with zero attached hydrogens (tertiary/aromatic N) is 1. The lowest BCUT2D eigenvalue weighted by Crippen LogP contribution is -2.63. The molecule has 25 heavy (non-hydrogen) atoms. The maximum absolute atomic E-state index is 11.1. The largest absolute Gasteiger partial charge is 0.390 e. The fourth-order valence-corrected chi connectivity index (χ4v) is 5.84. The quantitative estimate of drug-likeness (QED) is 0.677. The molecule has 0 amide bonds. The molecule has 2 bridgehead atoms. The standard InChI is InChI=1S/C22H29NO2/c1-21(2)16-12-17(21)19(24)22(13-16)20(25-22)18-10-6-7-11-23(18)14-15-8-4-3-5-9-15/h3-9,16-20,24H,10-14H2,1-2H3/t16-,17+,18-,19+,20-,22-/m1/s1. The number of benzene rings is 1. The third-order valence-electron chi connectivity index (χ3n) is 7.70. The smallest absolute Gasteiger partial charge is 0.123 e. The van der Waals surface area contributed by atoms with Gasteiger partial charge in [-0.15, -0.1) is 0 Å². The Morgan fingerprint density at radius 3 is 2.72 bits per heavy atom. The van der Waals surface area contributed by atoms with Gasteiger partial charge in [-0.3, -0.25) is 4.90 Å². The zero-order valence-electron chi connectivity index (χ0n) is 15.3. The van der Waals surface area contributed by atoms with Crippen LogP contribution in [-0.4, -0.2) is 40.4 Å². The van der Waals surface area contributed by atoms with Crippen LogP contribution in [0.1, 0.15) is 38.7 Å². The Labute approximate surface area is 150 Å². The van der Waals surface area contributed by atoms with E-state index in [9.17, 15) is 5.11 Å². The molecule has 0 unspecified atom stereocenters. The van der Waals surface area contributed by atoms with E-state index in [1.807, 2.05) is 0 Å². The molecule has 1 aromatic rings.